The van der Waals surface area contributed by atoms with E-state index in [9.17, 15) is 14.3 Å². The molecule has 0 aliphatic carbocycles. The number of unbranched alkanes of at least 4 members (excludes halogenated alkanes) is 28. The highest BCUT2D eigenvalue weighted by molar-refractivity contribution is 7.47. The Hall–Kier alpha value is -1.28. The lowest BCUT2D eigenvalue weighted by Gasteiger charge is -2.24. The van der Waals surface area contributed by atoms with Gasteiger partial charge in [-0.05, 0) is 51.4 Å². The normalized spacial score (nSPS) is 13.9. The zero-order valence-electron chi connectivity index (χ0n) is 40.9. The van der Waals surface area contributed by atoms with Gasteiger partial charge in [0.1, 0.15) is 19.3 Å². The van der Waals surface area contributed by atoms with Crippen LogP contribution in [0.2, 0.25) is 0 Å². The van der Waals surface area contributed by atoms with E-state index in [4.69, 9.17) is 18.5 Å². The highest BCUT2D eigenvalue weighted by Gasteiger charge is 2.26. The highest BCUT2D eigenvalue weighted by Crippen LogP contribution is 2.43. The molecule has 8 nitrogen and oxygen atoms in total. The van der Waals surface area contributed by atoms with Gasteiger partial charge in [-0.25, -0.2) is 4.57 Å². The zero-order valence-corrected chi connectivity index (χ0v) is 41.8. The average molecular weight is 883 g/mol. The van der Waals surface area contributed by atoms with Crippen molar-refractivity contribution in [1.29, 1.82) is 0 Å². The number of likely N-dealkylation sites (N-methyl/N-ethyl adjacent to an activating group) is 1. The van der Waals surface area contributed by atoms with Gasteiger partial charge in [0.05, 0.1) is 34.4 Å². The SMILES string of the molecule is CCCCC/C=C\C/C=C\C/C=C\CCCCCCCCC(=O)O[C@H](COCCCCCCCCCCCCCCCCCCCCCC)COP(=O)(O)OCC[N+](C)(C)C. The van der Waals surface area contributed by atoms with Gasteiger partial charge >= 0.3 is 13.8 Å². The number of ether oxygens (including phenoxy) is 2. The van der Waals surface area contributed by atoms with Gasteiger partial charge in [-0.15, -0.1) is 0 Å². The van der Waals surface area contributed by atoms with E-state index in [0.29, 0.717) is 24.1 Å². The molecule has 0 aromatic rings. The first kappa shape index (κ1) is 59.7. The van der Waals surface area contributed by atoms with E-state index in [0.717, 1.165) is 57.8 Å². The van der Waals surface area contributed by atoms with Crippen molar-refractivity contribution < 1.29 is 37.3 Å². The van der Waals surface area contributed by atoms with Gasteiger partial charge in [-0.3, -0.25) is 13.8 Å². The van der Waals surface area contributed by atoms with E-state index in [2.05, 4.69) is 50.3 Å². The third-order valence-electron chi connectivity index (χ3n) is 11.2. The second kappa shape index (κ2) is 45.3. The largest absolute Gasteiger partial charge is 0.472 e. The van der Waals surface area contributed by atoms with E-state index >= 15 is 0 Å². The Balaban J connectivity index is 4.15. The summed E-state index contributed by atoms with van der Waals surface area (Å²) in [5, 5.41) is 0. The molecule has 1 N–H and O–H groups in total. The molecule has 0 heterocycles. The summed E-state index contributed by atoms with van der Waals surface area (Å²) in [6, 6.07) is 0. The Morgan fingerprint density at radius 2 is 0.902 bits per heavy atom. The van der Waals surface area contributed by atoms with Crippen LogP contribution in [0.15, 0.2) is 36.5 Å². The lowest BCUT2D eigenvalue weighted by molar-refractivity contribution is -0.870. The number of carbonyl (C=O) groups excluding carboxylic acids is 1. The van der Waals surface area contributed by atoms with Gasteiger partial charge in [0, 0.05) is 13.0 Å². The molecule has 0 radical (unpaired) electrons. The third kappa shape index (κ3) is 49.6. The molecule has 0 rings (SSSR count). The van der Waals surface area contributed by atoms with Crippen molar-refractivity contribution in [2.24, 2.45) is 0 Å². The molecule has 0 aliphatic heterocycles. The Morgan fingerprint density at radius 3 is 1.38 bits per heavy atom. The van der Waals surface area contributed by atoms with Crippen LogP contribution in [0, 0.1) is 0 Å². The molecule has 0 aliphatic rings. The number of allylic oxidation sites excluding steroid dienone is 6. The number of phosphoric ester groups is 1. The van der Waals surface area contributed by atoms with E-state index in [-0.39, 0.29) is 25.8 Å². The molecule has 2 atom stereocenters. The molecule has 0 saturated heterocycles. The van der Waals surface area contributed by atoms with Gasteiger partial charge in [0.2, 0.25) is 0 Å². The molecule has 0 fully saturated rings. The summed E-state index contributed by atoms with van der Waals surface area (Å²) in [5.74, 6) is -0.322. The van der Waals surface area contributed by atoms with Crippen LogP contribution >= 0.6 is 7.82 Å². The third-order valence-corrected chi connectivity index (χ3v) is 12.2. The Kier molecular flexibility index (Phi) is 44.3. The summed E-state index contributed by atoms with van der Waals surface area (Å²) in [5.41, 5.74) is 0. The fourth-order valence-corrected chi connectivity index (χ4v) is 7.95. The van der Waals surface area contributed by atoms with Crippen molar-refractivity contribution in [3.63, 3.8) is 0 Å². The predicted molar refractivity (Wildman–Crippen MR) is 261 cm³/mol. The first-order valence-electron chi connectivity index (χ1n) is 25.7. The maximum Gasteiger partial charge on any atom is 0.472 e. The summed E-state index contributed by atoms with van der Waals surface area (Å²) in [6.07, 6.45) is 54.7. The van der Waals surface area contributed by atoms with Crippen molar-refractivity contribution in [3.05, 3.63) is 36.5 Å². The van der Waals surface area contributed by atoms with Gasteiger partial charge in [0.15, 0.2) is 0 Å². The van der Waals surface area contributed by atoms with Crippen molar-refractivity contribution in [3.8, 4) is 0 Å². The zero-order chi connectivity index (χ0) is 44.8. The van der Waals surface area contributed by atoms with Gasteiger partial charge < -0.3 is 18.9 Å². The fraction of sp³-hybridized carbons (Fsp3) is 0.865. The predicted octanol–water partition coefficient (Wildman–Crippen LogP) is 15.7. The van der Waals surface area contributed by atoms with Gasteiger partial charge in [-0.1, -0.05) is 211 Å². The summed E-state index contributed by atoms with van der Waals surface area (Å²) in [6.45, 7) is 5.62. The van der Waals surface area contributed by atoms with E-state index in [1.807, 2.05) is 21.1 Å². The molecule has 0 aromatic carbocycles. The summed E-state index contributed by atoms with van der Waals surface area (Å²) >= 11 is 0. The molecule has 0 amide bonds. The second-order valence-corrected chi connectivity index (χ2v) is 20.0. The van der Waals surface area contributed by atoms with Gasteiger partial charge in [0.25, 0.3) is 0 Å². The van der Waals surface area contributed by atoms with Crippen LogP contribution in [0.4, 0.5) is 0 Å². The lowest BCUT2D eigenvalue weighted by Crippen LogP contribution is -2.37. The molecular weight excluding hydrogens is 782 g/mol. The number of hydrogen-bond acceptors (Lipinski definition) is 6. The van der Waals surface area contributed by atoms with Crippen molar-refractivity contribution >= 4 is 13.8 Å². The van der Waals surface area contributed by atoms with Crippen LogP contribution in [0.5, 0.6) is 0 Å². The van der Waals surface area contributed by atoms with E-state index < -0.39 is 13.9 Å². The van der Waals surface area contributed by atoms with Gasteiger partial charge in [-0.2, -0.15) is 0 Å². The van der Waals surface area contributed by atoms with Crippen LogP contribution in [-0.4, -0.2) is 75.6 Å². The minimum Gasteiger partial charge on any atom is -0.457 e. The topological polar surface area (TPSA) is 91.3 Å². The molecule has 0 saturated carbocycles. The van der Waals surface area contributed by atoms with Crippen molar-refractivity contribution in [1.82, 2.24) is 0 Å². The van der Waals surface area contributed by atoms with Crippen LogP contribution < -0.4 is 0 Å². The van der Waals surface area contributed by atoms with Crippen LogP contribution in [0.25, 0.3) is 0 Å². The van der Waals surface area contributed by atoms with Crippen molar-refractivity contribution in [2.45, 2.75) is 238 Å². The average Bonchev–Trinajstić information content (AvgIpc) is 3.22. The lowest BCUT2D eigenvalue weighted by atomic mass is 10.0. The Bertz CT molecular complexity index is 1070. The maximum absolute atomic E-state index is 12.8. The molecule has 61 heavy (non-hydrogen) atoms. The van der Waals surface area contributed by atoms with Crippen LogP contribution in [0.1, 0.15) is 232 Å². The number of hydrogen-bond donors (Lipinski definition) is 1. The van der Waals surface area contributed by atoms with Crippen LogP contribution in [0.3, 0.4) is 0 Å². The summed E-state index contributed by atoms with van der Waals surface area (Å²) in [4.78, 5) is 23.0. The summed E-state index contributed by atoms with van der Waals surface area (Å²) < 4.78 is 35.2. The first-order valence-corrected chi connectivity index (χ1v) is 27.2. The smallest absolute Gasteiger partial charge is 0.457 e. The number of esters is 1. The number of phosphoric acid groups is 1. The van der Waals surface area contributed by atoms with E-state index in [1.165, 1.54) is 154 Å². The molecule has 0 aromatic heterocycles. The minimum atomic E-state index is -4.28. The quantitative estimate of drug-likeness (QED) is 0.0214. The molecule has 360 valence electrons. The molecule has 0 spiro atoms. The monoisotopic (exact) mass is 883 g/mol. The Labute approximate surface area is 378 Å². The molecular formula is C52H101NO7P+. The number of nitrogens with zero attached hydrogens (tertiary/aromatic N) is 1. The standard InChI is InChI=1S/C52H100NO7P/c1-6-8-10-12-14-16-18-20-22-24-26-28-30-32-34-36-38-40-42-44-47-57-49-51(50-59-61(55,56)58-48-46-53(3,4)5)60-52(54)45-43-41-39-37-35-33-31-29-27-25-23-21-19-17-15-13-11-9-7-2/h15,17,21,23,27,29,51H,6-14,16,18-20,22,24-26,28,30-50H2,1-5H3/p+1/b17-15-,23-21-,29-27-/t51-/m1/s1. The molecule has 0 bridgehead atoms. The number of quaternary nitrogens is 1. The van der Waals surface area contributed by atoms with E-state index in [1.54, 1.807) is 0 Å². The number of carbonyl (C=O) groups is 1. The fourth-order valence-electron chi connectivity index (χ4n) is 7.21. The molecule has 9 heteroatoms. The Morgan fingerprint density at radius 1 is 0.508 bits per heavy atom. The first-order chi connectivity index (χ1) is 29.6. The highest BCUT2D eigenvalue weighted by atomic mass is 31.2. The maximum atomic E-state index is 12.8. The number of rotatable bonds is 48. The minimum absolute atomic E-state index is 0.0868. The van der Waals surface area contributed by atoms with Crippen LogP contribution in [-0.2, 0) is 27.9 Å². The summed E-state index contributed by atoms with van der Waals surface area (Å²) in [7, 11) is 1.67. The second-order valence-electron chi connectivity index (χ2n) is 18.6. The molecule has 1 unspecified atom stereocenters. The van der Waals surface area contributed by atoms with Crippen molar-refractivity contribution in [2.75, 3.05) is 54.1 Å².